The number of hydrogen-bond donors (Lipinski definition) is 1. The maximum Gasteiger partial charge on any atom is 0.255 e. The third kappa shape index (κ3) is 3.78. The van der Waals surface area contributed by atoms with Crippen LogP contribution in [0.25, 0.3) is 22.4 Å². The number of nitrogens with zero attached hydrogens (tertiary/aromatic N) is 5. The molecule has 4 heterocycles. The lowest BCUT2D eigenvalue weighted by atomic mass is 9.93. The molecule has 0 saturated carbocycles. The van der Waals surface area contributed by atoms with Crippen molar-refractivity contribution in [1.29, 1.82) is 0 Å². The average Bonchev–Trinajstić information content (AvgIpc) is 3.34. The third-order valence-corrected chi connectivity index (χ3v) is 5.57. The van der Waals surface area contributed by atoms with Gasteiger partial charge >= 0.3 is 0 Å². The number of pyridine rings is 1. The van der Waals surface area contributed by atoms with Crippen molar-refractivity contribution in [2.75, 3.05) is 13.1 Å². The highest BCUT2D eigenvalue weighted by atomic mass is 16.2. The van der Waals surface area contributed by atoms with Gasteiger partial charge in [0.2, 0.25) is 0 Å². The average molecular weight is 398 g/mol. The van der Waals surface area contributed by atoms with Crippen LogP contribution in [-0.4, -0.2) is 48.8 Å². The maximum absolute atomic E-state index is 13.1. The molecule has 150 valence electrons. The van der Waals surface area contributed by atoms with Gasteiger partial charge in [0, 0.05) is 43.3 Å². The fourth-order valence-electron chi connectivity index (χ4n) is 4.11. The molecule has 1 fully saturated rings. The number of likely N-dealkylation sites (tertiary alicyclic amines) is 1. The Bertz CT molecular complexity index is 1170. The number of imidazole rings is 1. The molecule has 1 N–H and O–H groups in total. The summed E-state index contributed by atoms with van der Waals surface area (Å²) in [6, 6.07) is 9.80. The van der Waals surface area contributed by atoms with Crippen molar-refractivity contribution in [2.24, 2.45) is 5.92 Å². The van der Waals surface area contributed by atoms with Gasteiger partial charge in [-0.1, -0.05) is 18.2 Å². The molecule has 1 aromatic carbocycles. The molecular formula is C23H22N6O. The molecule has 1 aliphatic heterocycles. The van der Waals surface area contributed by atoms with E-state index in [1.54, 1.807) is 31.0 Å². The zero-order chi connectivity index (χ0) is 20.3. The molecule has 0 radical (unpaired) electrons. The fraction of sp³-hybridized carbons (Fsp3) is 0.261. The van der Waals surface area contributed by atoms with E-state index in [4.69, 9.17) is 4.98 Å². The predicted octanol–water partition coefficient (Wildman–Crippen LogP) is 3.51. The van der Waals surface area contributed by atoms with Crippen LogP contribution in [-0.2, 0) is 6.42 Å². The van der Waals surface area contributed by atoms with Crippen molar-refractivity contribution in [3.05, 3.63) is 72.6 Å². The minimum Gasteiger partial charge on any atom is -0.343 e. The standard InChI is InChI=1S/C23H22N6O/c30-23(18-11-17-5-1-2-6-20(17)27-12-18)29-9-3-4-16(15-29)10-19-13-24-14-21(28-19)22-25-7-8-26-22/h1-2,5-8,11-14,16H,3-4,9-10,15H2,(H,25,26)/t16-/m0/s1. The largest absolute Gasteiger partial charge is 0.343 e. The van der Waals surface area contributed by atoms with Crippen LogP contribution in [0.2, 0.25) is 0 Å². The Morgan fingerprint density at radius 1 is 1.17 bits per heavy atom. The summed E-state index contributed by atoms with van der Waals surface area (Å²) in [6.45, 7) is 1.50. The smallest absolute Gasteiger partial charge is 0.255 e. The molecule has 0 aliphatic carbocycles. The predicted molar refractivity (Wildman–Crippen MR) is 114 cm³/mol. The van der Waals surface area contributed by atoms with Crippen molar-refractivity contribution in [3.8, 4) is 11.5 Å². The highest BCUT2D eigenvalue weighted by Gasteiger charge is 2.25. The van der Waals surface area contributed by atoms with Gasteiger partial charge in [-0.2, -0.15) is 0 Å². The van der Waals surface area contributed by atoms with E-state index in [2.05, 4.69) is 19.9 Å². The first-order chi connectivity index (χ1) is 14.8. The molecule has 3 aromatic heterocycles. The first kappa shape index (κ1) is 18.4. The maximum atomic E-state index is 13.1. The number of nitrogens with one attached hydrogen (secondary N) is 1. The molecule has 5 rings (SSSR count). The number of aromatic nitrogens is 5. The van der Waals surface area contributed by atoms with Gasteiger partial charge in [0.1, 0.15) is 5.69 Å². The van der Waals surface area contributed by atoms with E-state index in [9.17, 15) is 4.79 Å². The number of H-pyrrole nitrogens is 1. The second-order valence-corrected chi connectivity index (χ2v) is 7.71. The van der Waals surface area contributed by atoms with Gasteiger partial charge in [-0.25, -0.2) is 9.97 Å². The highest BCUT2D eigenvalue weighted by molar-refractivity contribution is 5.97. The molecule has 0 unspecified atom stereocenters. The topological polar surface area (TPSA) is 87.7 Å². The van der Waals surface area contributed by atoms with Crippen LogP contribution < -0.4 is 0 Å². The fourth-order valence-corrected chi connectivity index (χ4v) is 4.11. The lowest BCUT2D eigenvalue weighted by Gasteiger charge is -2.32. The van der Waals surface area contributed by atoms with Crippen molar-refractivity contribution in [3.63, 3.8) is 0 Å². The Balaban J connectivity index is 1.30. The molecule has 0 spiro atoms. The quantitative estimate of drug-likeness (QED) is 0.568. The van der Waals surface area contributed by atoms with Crippen LogP contribution in [0.3, 0.4) is 0 Å². The lowest BCUT2D eigenvalue weighted by Crippen LogP contribution is -2.40. The van der Waals surface area contributed by atoms with Crippen LogP contribution in [0.5, 0.6) is 0 Å². The van der Waals surface area contributed by atoms with Crippen LogP contribution in [0.15, 0.2) is 61.3 Å². The van der Waals surface area contributed by atoms with Crippen LogP contribution in [0.4, 0.5) is 0 Å². The van der Waals surface area contributed by atoms with Gasteiger partial charge in [0.05, 0.1) is 23.0 Å². The van der Waals surface area contributed by atoms with E-state index in [1.165, 1.54) is 0 Å². The first-order valence-corrected chi connectivity index (χ1v) is 10.2. The second-order valence-electron chi connectivity index (χ2n) is 7.71. The summed E-state index contributed by atoms with van der Waals surface area (Å²) in [5.41, 5.74) is 3.22. The highest BCUT2D eigenvalue weighted by Crippen LogP contribution is 2.23. The summed E-state index contributed by atoms with van der Waals surface area (Å²) in [5.74, 6) is 1.12. The normalized spacial score (nSPS) is 16.7. The molecule has 1 saturated heterocycles. The van der Waals surface area contributed by atoms with E-state index < -0.39 is 0 Å². The number of benzene rings is 1. The zero-order valence-corrected chi connectivity index (χ0v) is 16.5. The van der Waals surface area contributed by atoms with Crippen molar-refractivity contribution < 1.29 is 4.79 Å². The lowest BCUT2D eigenvalue weighted by molar-refractivity contribution is 0.0672. The number of carbonyl (C=O) groups is 1. The number of hydrogen-bond acceptors (Lipinski definition) is 5. The Morgan fingerprint density at radius 3 is 3.00 bits per heavy atom. The summed E-state index contributed by atoms with van der Waals surface area (Å²) >= 11 is 0. The van der Waals surface area contributed by atoms with Crippen LogP contribution >= 0.6 is 0 Å². The monoisotopic (exact) mass is 398 g/mol. The summed E-state index contributed by atoms with van der Waals surface area (Å²) < 4.78 is 0. The van der Waals surface area contributed by atoms with E-state index in [0.717, 1.165) is 54.6 Å². The summed E-state index contributed by atoms with van der Waals surface area (Å²) in [5, 5.41) is 0.988. The zero-order valence-electron chi connectivity index (χ0n) is 16.5. The van der Waals surface area contributed by atoms with Crippen molar-refractivity contribution in [2.45, 2.75) is 19.3 Å². The van der Waals surface area contributed by atoms with Crippen molar-refractivity contribution in [1.82, 2.24) is 29.8 Å². The van der Waals surface area contributed by atoms with Crippen molar-refractivity contribution >= 4 is 16.8 Å². The SMILES string of the molecule is O=C(c1cnc2ccccc2c1)N1CCC[C@@H](Cc2cncc(-c3ncc[nH]3)n2)C1. The van der Waals surface area contributed by atoms with Crippen LogP contribution in [0.1, 0.15) is 28.9 Å². The number of fused-ring (bicyclic) bond motifs is 1. The molecule has 4 aromatic rings. The Morgan fingerprint density at radius 2 is 2.10 bits per heavy atom. The molecule has 0 bridgehead atoms. The first-order valence-electron chi connectivity index (χ1n) is 10.2. The van der Waals surface area contributed by atoms with E-state index >= 15 is 0 Å². The van der Waals surface area contributed by atoms with Gasteiger partial charge < -0.3 is 9.88 Å². The van der Waals surface area contributed by atoms with Crippen LogP contribution in [0, 0.1) is 5.92 Å². The van der Waals surface area contributed by atoms with E-state index in [1.807, 2.05) is 35.2 Å². The number of aromatic amines is 1. The number of carbonyl (C=O) groups excluding carboxylic acids is 1. The molecule has 7 heteroatoms. The number of piperidine rings is 1. The summed E-state index contributed by atoms with van der Waals surface area (Å²) in [6.07, 6.45) is 11.5. The molecule has 1 amide bonds. The van der Waals surface area contributed by atoms with Gasteiger partial charge in [0.15, 0.2) is 5.82 Å². The molecule has 1 atom stereocenters. The summed E-state index contributed by atoms with van der Waals surface area (Å²) in [4.78, 5) is 35.8. The second kappa shape index (κ2) is 8.02. The third-order valence-electron chi connectivity index (χ3n) is 5.57. The summed E-state index contributed by atoms with van der Waals surface area (Å²) in [7, 11) is 0. The van der Waals surface area contributed by atoms with Gasteiger partial charge in [0.25, 0.3) is 5.91 Å². The Hall–Kier alpha value is -3.61. The Kier molecular flexibility index (Phi) is 4.93. The van der Waals surface area contributed by atoms with Gasteiger partial charge in [-0.05, 0) is 37.3 Å². The van der Waals surface area contributed by atoms with Gasteiger partial charge in [-0.3, -0.25) is 14.8 Å². The van der Waals surface area contributed by atoms with Gasteiger partial charge in [-0.15, -0.1) is 0 Å². The molecular weight excluding hydrogens is 376 g/mol. The number of amides is 1. The molecule has 7 nitrogen and oxygen atoms in total. The Labute approximate surface area is 174 Å². The number of rotatable bonds is 4. The number of para-hydroxylation sites is 1. The molecule has 30 heavy (non-hydrogen) atoms. The minimum absolute atomic E-state index is 0.0494. The van der Waals surface area contributed by atoms with E-state index in [0.29, 0.717) is 17.3 Å². The minimum atomic E-state index is 0.0494. The molecule has 1 aliphatic rings. The van der Waals surface area contributed by atoms with E-state index in [-0.39, 0.29) is 5.91 Å².